The summed E-state index contributed by atoms with van der Waals surface area (Å²) >= 11 is 6.13. The third-order valence-electron chi connectivity index (χ3n) is 4.60. The maximum Gasteiger partial charge on any atom is 0.125 e. The number of methoxy groups -OCH3 is 1. The number of imidazole rings is 1. The van der Waals surface area contributed by atoms with Crippen LogP contribution >= 0.6 is 11.6 Å². The van der Waals surface area contributed by atoms with Gasteiger partial charge in [0, 0.05) is 12.1 Å². The number of hydrogen-bond donors (Lipinski definition) is 0. The number of nitrogens with zero attached hydrogens (tertiary/aromatic N) is 2. The molecular weight excluding hydrogens is 272 g/mol. The lowest BCUT2D eigenvalue weighted by atomic mass is 9.87. The number of fused-ring (bicyclic) bond motifs is 1. The predicted octanol–water partition coefficient (Wildman–Crippen LogP) is 4.53. The number of ether oxygens (including phenoxy) is 1. The van der Waals surface area contributed by atoms with Crippen molar-refractivity contribution in [3.63, 3.8) is 0 Å². The largest absolute Gasteiger partial charge is 0.497 e. The second kappa shape index (κ2) is 4.96. The van der Waals surface area contributed by atoms with E-state index in [1.807, 2.05) is 12.1 Å². The molecule has 0 radical (unpaired) electrons. The summed E-state index contributed by atoms with van der Waals surface area (Å²) < 4.78 is 7.71. The first-order valence-corrected chi connectivity index (χ1v) is 7.71. The highest BCUT2D eigenvalue weighted by molar-refractivity contribution is 6.16. The van der Waals surface area contributed by atoms with Crippen LogP contribution in [0.2, 0.25) is 0 Å². The van der Waals surface area contributed by atoms with Gasteiger partial charge in [-0.05, 0) is 30.4 Å². The van der Waals surface area contributed by atoms with E-state index in [-0.39, 0.29) is 5.41 Å². The van der Waals surface area contributed by atoms with Crippen LogP contribution in [-0.2, 0) is 5.88 Å². The standard InChI is InChI=1S/C16H21ClN2O/c1-16(2)8-4-5-14(16)19-13-9-11(20-3)6-7-12(13)18-15(19)10-17/h6-7,9,14H,4-5,8,10H2,1-3H3. The molecule has 2 aromatic rings. The fraction of sp³-hybridized carbons (Fsp3) is 0.562. The molecule has 0 saturated heterocycles. The van der Waals surface area contributed by atoms with Crippen LogP contribution in [-0.4, -0.2) is 16.7 Å². The van der Waals surface area contributed by atoms with Gasteiger partial charge in [0.2, 0.25) is 0 Å². The van der Waals surface area contributed by atoms with Gasteiger partial charge < -0.3 is 9.30 Å². The maximum absolute atomic E-state index is 6.13. The molecule has 108 valence electrons. The Morgan fingerprint density at radius 1 is 1.45 bits per heavy atom. The average molecular weight is 293 g/mol. The molecule has 3 rings (SSSR count). The van der Waals surface area contributed by atoms with Gasteiger partial charge in [-0.3, -0.25) is 0 Å². The molecule has 20 heavy (non-hydrogen) atoms. The Balaban J connectivity index is 2.21. The highest BCUT2D eigenvalue weighted by atomic mass is 35.5. The van der Waals surface area contributed by atoms with Crippen molar-refractivity contribution >= 4 is 22.6 Å². The molecule has 1 aromatic carbocycles. The lowest BCUT2D eigenvalue weighted by Crippen LogP contribution is -2.22. The van der Waals surface area contributed by atoms with Crippen LogP contribution in [0.3, 0.4) is 0 Å². The first-order chi connectivity index (χ1) is 9.56. The molecule has 1 unspecified atom stereocenters. The van der Waals surface area contributed by atoms with Crippen molar-refractivity contribution < 1.29 is 4.74 Å². The zero-order chi connectivity index (χ0) is 14.3. The summed E-state index contributed by atoms with van der Waals surface area (Å²) in [7, 11) is 1.70. The van der Waals surface area contributed by atoms with Crippen molar-refractivity contribution in [2.24, 2.45) is 5.41 Å². The first kappa shape index (κ1) is 13.7. The van der Waals surface area contributed by atoms with E-state index < -0.39 is 0 Å². The summed E-state index contributed by atoms with van der Waals surface area (Å²) in [6.07, 6.45) is 3.71. The fourth-order valence-electron chi connectivity index (χ4n) is 3.48. The summed E-state index contributed by atoms with van der Waals surface area (Å²) in [5.41, 5.74) is 2.43. The van der Waals surface area contributed by atoms with Crippen molar-refractivity contribution in [3.05, 3.63) is 24.0 Å². The van der Waals surface area contributed by atoms with Crippen LogP contribution < -0.4 is 4.74 Å². The molecule has 1 heterocycles. The van der Waals surface area contributed by atoms with Crippen molar-refractivity contribution in [1.82, 2.24) is 9.55 Å². The molecule has 3 nitrogen and oxygen atoms in total. The second-order valence-electron chi connectivity index (χ2n) is 6.28. The van der Waals surface area contributed by atoms with E-state index in [1.54, 1.807) is 7.11 Å². The number of aromatic nitrogens is 2. The van der Waals surface area contributed by atoms with Crippen LogP contribution in [0.1, 0.15) is 45.0 Å². The van der Waals surface area contributed by atoms with E-state index in [4.69, 9.17) is 21.3 Å². The molecule has 1 saturated carbocycles. The number of hydrogen-bond acceptors (Lipinski definition) is 2. The molecule has 0 spiro atoms. The van der Waals surface area contributed by atoms with E-state index in [0.29, 0.717) is 11.9 Å². The molecule has 1 aliphatic carbocycles. The lowest BCUT2D eigenvalue weighted by molar-refractivity contribution is 0.262. The van der Waals surface area contributed by atoms with E-state index in [0.717, 1.165) is 22.6 Å². The van der Waals surface area contributed by atoms with Crippen molar-refractivity contribution in [2.45, 2.75) is 45.0 Å². The SMILES string of the molecule is COc1ccc2nc(CCl)n(C3CCCC3(C)C)c2c1. The number of benzene rings is 1. The van der Waals surface area contributed by atoms with E-state index in [2.05, 4.69) is 24.5 Å². The van der Waals surface area contributed by atoms with Crippen molar-refractivity contribution in [2.75, 3.05) is 7.11 Å². The Labute approximate surface area is 124 Å². The van der Waals surface area contributed by atoms with E-state index in [1.165, 1.54) is 19.3 Å². The minimum Gasteiger partial charge on any atom is -0.497 e. The summed E-state index contributed by atoms with van der Waals surface area (Å²) in [6.45, 7) is 4.68. The summed E-state index contributed by atoms with van der Waals surface area (Å²) in [5.74, 6) is 2.29. The fourth-order valence-corrected chi connectivity index (χ4v) is 3.67. The van der Waals surface area contributed by atoms with Gasteiger partial charge in [-0.1, -0.05) is 20.3 Å². The number of alkyl halides is 1. The molecule has 0 amide bonds. The summed E-state index contributed by atoms with van der Waals surface area (Å²) in [5, 5.41) is 0. The van der Waals surface area contributed by atoms with Crippen LogP contribution in [0, 0.1) is 5.41 Å². The molecule has 0 bridgehead atoms. The Morgan fingerprint density at radius 2 is 2.25 bits per heavy atom. The van der Waals surface area contributed by atoms with Gasteiger partial charge in [-0.25, -0.2) is 4.98 Å². The second-order valence-corrected chi connectivity index (χ2v) is 6.55. The van der Waals surface area contributed by atoms with Crippen LogP contribution in [0.15, 0.2) is 18.2 Å². The average Bonchev–Trinajstić information content (AvgIpc) is 2.96. The monoisotopic (exact) mass is 292 g/mol. The minimum absolute atomic E-state index is 0.289. The molecule has 1 fully saturated rings. The van der Waals surface area contributed by atoms with Gasteiger partial charge in [0.15, 0.2) is 0 Å². The third-order valence-corrected chi connectivity index (χ3v) is 4.84. The summed E-state index contributed by atoms with van der Waals surface area (Å²) in [6, 6.07) is 6.51. The minimum atomic E-state index is 0.289. The summed E-state index contributed by atoms with van der Waals surface area (Å²) in [4.78, 5) is 4.69. The zero-order valence-corrected chi connectivity index (χ0v) is 13.1. The topological polar surface area (TPSA) is 27.1 Å². The van der Waals surface area contributed by atoms with Crippen molar-refractivity contribution in [3.8, 4) is 5.75 Å². The van der Waals surface area contributed by atoms with Gasteiger partial charge in [0.05, 0.1) is 24.0 Å². The Kier molecular flexibility index (Phi) is 3.41. The van der Waals surface area contributed by atoms with E-state index in [9.17, 15) is 0 Å². The molecular formula is C16H21ClN2O. The van der Waals surface area contributed by atoms with Gasteiger partial charge >= 0.3 is 0 Å². The molecule has 0 N–H and O–H groups in total. The smallest absolute Gasteiger partial charge is 0.125 e. The van der Waals surface area contributed by atoms with Crippen molar-refractivity contribution in [1.29, 1.82) is 0 Å². The Bertz CT molecular complexity index is 633. The molecule has 4 heteroatoms. The highest BCUT2D eigenvalue weighted by Gasteiger charge is 2.37. The molecule has 1 aliphatic rings. The third kappa shape index (κ3) is 2.08. The van der Waals surface area contributed by atoms with Crippen LogP contribution in [0.25, 0.3) is 11.0 Å². The quantitative estimate of drug-likeness (QED) is 0.777. The van der Waals surface area contributed by atoms with Gasteiger partial charge in [0.1, 0.15) is 11.6 Å². The molecule has 0 aliphatic heterocycles. The van der Waals surface area contributed by atoms with Gasteiger partial charge in [0.25, 0.3) is 0 Å². The normalized spacial score (nSPS) is 21.5. The number of rotatable bonds is 3. The highest BCUT2D eigenvalue weighted by Crippen LogP contribution is 2.47. The molecule has 1 atom stereocenters. The zero-order valence-electron chi connectivity index (χ0n) is 12.3. The predicted molar refractivity (Wildman–Crippen MR) is 82.5 cm³/mol. The maximum atomic E-state index is 6.13. The van der Waals surface area contributed by atoms with Crippen LogP contribution in [0.4, 0.5) is 0 Å². The molecule has 1 aromatic heterocycles. The Hall–Kier alpha value is -1.22. The number of halogens is 1. The van der Waals surface area contributed by atoms with Gasteiger partial charge in [-0.15, -0.1) is 11.6 Å². The van der Waals surface area contributed by atoms with Gasteiger partial charge in [-0.2, -0.15) is 0 Å². The first-order valence-electron chi connectivity index (χ1n) is 7.17. The lowest BCUT2D eigenvalue weighted by Gasteiger charge is -2.30. The van der Waals surface area contributed by atoms with Crippen LogP contribution in [0.5, 0.6) is 5.75 Å². The Morgan fingerprint density at radius 3 is 2.85 bits per heavy atom. The van der Waals surface area contributed by atoms with E-state index >= 15 is 0 Å².